The van der Waals surface area contributed by atoms with Crippen LogP contribution in [0.15, 0.2) is 36.7 Å². The van der Waals surface area contributed by atoms with Gasteiger partial charge < -0.3 is 4.98 Å². The van der Waals surface area contributed by atoms with Crippen molar-refractivity contribution in [1.29, 1.82) is 0 Å². The van der Waals surface area contributed by atoms with Gasteiger partial charge in [0.25, 0.3) is 0 Å². The van der Waals surface area contributed by atoms with Crippen molar-refractivity contribution in [2.45, 2.75) is 19.4 Å². The van der Waals surface area contributed by atoms with Crippen LogP contribution in [0.5, 0.6) is 0 Å². The van der Waals surface area contributed by atoms with Gasteiger partial charge in [-0.2, -0.15) is 0 Å². The quantitative estimate of drug-likeness (QED) is 0.535. The van der Waals surface area contributed by atoms with E-state index in [0.717, 1.165) is 12.2 Å². The van der Waals surface area contributed by atoms with Gasteiger partial charge in [0.1, 0.15) is 5.82 Å². The molecule has 0 fully saturated rings. The molecule has 0 spiro atoms. The van der Waals surface area contributed by atoms with Crippen LogP contribution < -0.4 is 11.3 Å². The maximum Gasteiger partial charge on any atom is 0.124 e. The van der Waals surface area contributed by atoms with Gasteiger partial charge in [-0.15, -0.1) is 0 Å². The highest BCUT2D eigenvalue weighted by molar-refractivity contribution is 5.22. The summed E-state index contributed by atoms with van der Waals surface area (Å²) >= 11 is 0. The van der Waals surface area contributed by atoms with E-state index in [2.05, 4.69) is 46.6 Å². The van der Waals surface area contributed by atoms with E-state index in [1.165, 1.54) is 11.1 Å². The molecule has 2 aromatic rings. The highest BCUT2D eigenvalue weighted by Crippen LogP contribution is 2.14. The average molecular weight is 216 g/mol. The van der Waals surface area contributed by atoms with Gasteiger partial charge in [0.15, 0.2) is 0 Å². The molecule has 4 heteroatoms. The summed E-state index contributed by atoms with van der Waals surface area (Å²) < 4.78 is 0. The third-order valence-corrected chi connectivity index (χ3v) is 2.61. The molecule has 2 rings (SSSR count). The maximum atomic E-state index is 5.53. The first-order valence-corrected chi connectivity index (χ1v) is 5.30. The number of hydrazine groups is 1. The molecule has 84 valence electrons. The number of aryl methyl sites for hydroxylation is 1. The molecule has 0 bridgehead atoms. The molecule has 1 unspecified atom stereocenters. The number of aromatic amines is 1. The van der Waals surface area contributed by atoms with Gasteiger partial charge in [0, 0.05) is 12.4 Å². The van der Waals surface area contributed by atoms with Gasteiger partial charge in [0.05, 0.1) is 6.04 Å². The van der Waals surface area contributed by atoms with Crippen LogP contribution in [0, 0.1) is 6.92 Å². The predicted octanol–water partition coefficient (Wildman–Crippen LogP) is 1.47. The van der Waals surface area contributed by atoms with Gasteiger partial charge in [-0.1, -0.05) is 29.8 Å². The number of hydrogen-bond acceptors (Lipinski definition) is 3. The number of hydrogen-bond donors (Lipinski definition) is 3. The van der Waals surface area contributed by atoms with Crippen LogP contribution in [0.2, 0.25) is 0 Å². The molecule has 0 aliphatic heterocycles. The van der Waals surface area contributed by atoms with Crippen LogP contribution in [0.25, 0.3) is 0 Å². The largest absolute Gasteiger partial charge is 0.347 e. The molecule has 4 nitrogen and oxygen atoms in total. The number of nitrogens with two attached hydrogens (primary N) is 1. The molecular formula is C12H16N4. The van der Waals surface area contributed by atoms with Crippen LogP contribution in [0.4, 0.5) is 0 Å². The van der Waals surface area contributed by atoms with Crippen molar-refractivity contribution in [2.75, 3.05) is 0 Å². The lowest BCUT2D eigenvalue weighted by Crippen LogP contribution is -2.30. The van der Waals surface area contributed by atoms with Crippen LogP contribution in [-0.2, 0) is 6.42 Å². The highest BCUT2D eigenvalue weighted by atomic mass is 15.2. The lowest BCUT2D eigenvalue weighted by Gasteiger charge is -2.13. The molecule has 1 atom stereocenters. The van der Waals surface area contributed by atoms with E-state index in [-0.39, 0.29) is 6.04 Å². The van der Waals surface area contributed by atoms with E-state index < -0.39 is 0 Å². The number of benzene rings is 1. The van der Waals surface area contributed by atoms with E-state index in [4.69, 9.17) is 5.84 Å². The molecule has 0 aliphatic rings. The number of imidazole rings is 1. The molecule has 0 radical (unpaired) electrons. The van der Waals surface area contributed by atoms with Crippen LogP contribution in [0.3, 0.4) is 0 Å². The molecule has 0 saturated heterocycles. The first kappa shape index (κ1) is 10.9. The van der Waals surface area contributed by atoms with Crippen molar-refractivity contribution in [3.05, 3.63) is 53.6 Å². The Labute approximate surface area is 94.9 Å². The van der Waals surface area contributed by atoms with Crippen molar-refractivity contribution >= 4 is 0 Å². The minimum absolute atomic E-state index is 0.0257. The third kappa shape index (κ3) is 2.48. The van der Waals surface area contributed by atoms with E-state index >= 15 is 0 Å². The molecule has 1 heterocycles. The van der Waals surface area contributed by atoms with Gasteiger partial charge in [-0.05, 0) is 18.9 Å². The number of H-pyrrole nitrogens is 1. The highest BCUT2D eigenvalue weighted by Gasteiger charge is 2.12. The molecule has 0 saturated carbocycles. The van der Waals surface area contributed by atoms with Crippen LogP contribution in [-0.4, -0.2) is 9.97 Å². The number of nitrogens with one attached hydrogen (secondary N) is 2. The lowest BCUT2D eigenvalue weighted by molar-refractivity contribution is 0.527. The Balaban J connectivity index is 2.10. The van der Waals surface area contributed by atoms with Crippen molar-refractivity contribution in [2.24, 2.45) is 5.84 Å². The Morgan fingerprint density at radius 2 is 2.12 bits per heavy atom. The Kier molecular flexibility index (Phi) is 3.34. The monoisotopic (exact) mass is 216 g/mol. The van der Waals surface area contributed by atoms with Gasteiger partial charge in [0.2, 0.25) is 0 Å². The number of nitrogens with zero attached hydrogens (tertiary/aromatic N) is 1. The standard InChI is InChI=1S/C12H16N4/c1-9-2-4-10(5-3-9)8-11(16-13)12-14-6-7-15-12/h2-7,11,16H,8,13H2,1H3,(H,14,15). The molecule has 1 aromatic carbocycles. The summed E-state index contributed by atoms with van der Waals surface area (Å²) in [5.74, 6) is 6.40. The summed E-state index contributed by atoms with van der Waals surface area (Å²) in [7, 11) is 0. The van der Waals surface area contributed by atoms with E-state index in [9.17, 15) is 0 Å². The lowest BCUT2D eigenvalue weighted by atomic mass is 10.0. The number of rotatable bonds is 4. The second-order valence-corrected chi connectivity index (χ2v) is 3.88. The Morgan fingerprint density at radius 3 is 2.69 bits per heavy atom. The molecular weight excluding hydrogens is 200 g/mol. The molecule has 1 aromatic heterocycles. The second kappa shape index (κ2) is 4.92. The topological polar surface area (TPSA) is 66.7 Å². The molecule has 4 N–H and O–H groups in total. The van der Waals surface area contributed by atoms with Crippen molar-refractivity contribution < 1.29 is 0 Å². The van der Waals surface area contributed by atoms with Gasteiger partial charge >= 0.3 is 0 Å². The zero-order valence-electron chi connectivity index (χ0n) is 9.27. The van der Waals surface area contributed by atoms with E-state index in [0.29, 0.717) is 0 Å². The Bertz CT molecular complexity index is 419. The maximum absolute atomic E-state index is 5.53. The molecule has 0 aliphatic carbocycles. The van der Waals surface area contributed by atoms with Crippen molar-refractivity contribution in [1.82, 2.24) is 15.4 Å². The van der Waals surface area contributed by atoms with E-state index in [1.807, 2.05) is 0 Å². The normalized spacial score (nSPS) is 12.6. The van der Waals surface area contributed by atoms with E-state index in [1.54, 1.807) is 12.4 Å². The summed E-state index contributed by atoms with van der Waals surface area (Å²) in [6, 6.07) is 8.46. The fraction of sp³-hybridized carbons (Fsp3) is 0.250. The fourth-order valence-electron chi connectivity index (χ4n) is 1.66. The van der Waals surface area contributed by atoms with Crippen molar-refractivity contribution in [3.8, 4) is 0 Å². The Hall–Kier alpha value is -1.65. The summed E-state index contributed by atoms with van der Waals surface area (Å²) in [5.41, 5.74) is 5.28. The molecule has 16 heavy (non-hydrogen) atoms. The minimum atomic E-state index is 0.0257. The zero-order chi connectivity index (χ0) is 11.4. The average Bonchev–Trinajstić information content (AvgIpc) is 2.82. The fourth-order valence-corrected chi connectivity index (χ4v) is 1.66. The smallest absolute Gasteiger partial charge is 0.124 e. The SMILES string of the molecule is Cc1ccc(CC(NN)c2ncc[nH]2)cc1. The predicted molar refractivity (Wildman–Crippen MR) is 63.5 cm³/mol. The summed E-state index contributed by atoms with van der Waals surface area (Å²) in [6.45, 7) is 2.08. The minimum Gasteiger partial charge on any atom is -0.347 e. The number of aromatic nitrogens is 2. The zero-order valence-corrected chi connectivity index (χ0v) is 9.27. The molecule has 0 amide bonds. The van der Waals surface area contributed by atoms with Gasteiger partial charge in [-0.3, -0.25) is 5.84 Å². The summed E-state index contributed by atoms with van der Waals surface area (Å²) in [4.78, 5) is 7.27. The van der Waals surface area contributed by atoms with Crippen LogP contribution in [0.1, 0.15) is 23.0 Å². The third-order valence-electron chi connectivity index (χ3n) is 2.61. The second-order valence-electron chi connectivity index (χ2n) is 3.88. The first-order valence-electron chi connectivity index (χ1n) is 5.30. The summed E-state index contributed by atoms with van der Waals surface area (Å²) in [6.07, 6.45) is 4.36. The first-order chi connectivity index (χ1) is 7.79. The Morgan fingerprint density at radius 1 is 1.38 bits per heavy atom. The van der Waals surface area contributed by atoms with Crippen molar-refractivity contribution in [3.63, 3.8) is 0 Å². The van der Waals surface area contributed by atoms with Crippen LogP contribution >= 0.6 is 0 Å². The van der Waals surface area contributed by atoms with Gasteiger partial charge in [-0.25, -0.2) is 10.4 Å². The summed E-state index contributed by atoms with van der Waals surface area (Å²) in [5, 5.41) is 0.